The fourth-order valence-corrected chi connectivity index (χ4v) is 2.64. The fourth-order valence-electron chi connectivity index (χ4n) is 1.78. The molecule has 1 fully saturated rings. The normalized spacial score (nSPS) is 17.6. The van der Waals surface area contributed by atoms with Gasteiger partial charge in [0.25, 0.3) is 0 Å². The van der Waals surface area contributed by atoms with Crippen LogP contribution >= 0.6 is 11.6 Å². The first-order chi connectivity index (χ1) is 8.77. The van der Waals surface area contributed by atoms with Gasteiger partial charge >= 0.3 is 0 Å². The Labute approximate surface area is 118 Å². The van der Waals surface area contributed by atoms with E-state index in [2.05, 4.69) is 17.0 Å². The second-order valence-electron chi connectivity index (χ2n) is 5.23. The molecule has 0 unspecified atom stereocenters. The third kappa shape index (κ3) is 3.99. The van der Waals surface area contributed by atoms with E-state index in [0.29, 0.717) is 10.7 Å². The van der Waals surface area contributed by atoms with Gasteiger partial charge in [-0.25, -0.2) is 8.42 Å². The van der Waals surface area contributed by atoms with Crippen molar-refractivity contribution >= 4 is 33.0 Å². The average Bonchev–Trinajstić information content (AvgIpc) is 2.25. The summed E-state index contributed by atoms with van der Waals surface area (Å²) in [5, 5.41) is 3.64. The molecule has 1 saturated heterocycles. The maximum atomic E-state index is 11.1. The van der Waals surface area contributed by atoms with Crippen molar-refractivity contribution in [2.75, 3.05) is 36.1 Å². The zero-order chi connectivity index (χ0) is 14.1. The van der Waals surface area contributed by atoms with Gasteiger partial charge in [-0.1, -0.05) is 18.5 Å². The minimum absolute atomic E-state index is 0.163. The van der Waals surface area contributed by atoms with Crippen LogP contribution in [0.15, 0.2) is 18.2 Å². The summed E-state index contributed by atoms with van der Waals surface area (Å²) >= 11 is 6.04. The van der Waals surface area contributed by atoms with Crippen molar-refractivity contribution in [2.24, 2.45) is 5.41 Å². The van der Waals surface area contributed by atoms with Crippen molar-refractivity contribution in [2.45, 2.75) is 6.92 Å². The molecule has 0 amide bonds. The topological polar surface area (TPSA) is 67.4 Å². The molecule has 19 heavy (non-hydrogen) atoms. The quantitative estimate of drug-likeness (QED) is 0.875. The summed E-state index contributed by atoms with van der Waals surface area (Å²) in [6.07, 6.45) is 1.09. The maximum absolute atomic E-state index is 11.1. The number of nitrogens with one attached hydrogen (secondary N) is 2. The van der Waals surface area contributed by atoms with Crippen molar-refractivity contribution < 1.29 is 13.2 Å². The van der Waals surface area contributed by atoms with Crippen molar-refractivity contribution in [1.82, 2.24) is 0 Å². The summed E-state index contributed by atoms with van der Waals surface area (Å²) in [6.45, 7) is 4.44. The van der Waals surface area contributed by atoms with Gasteiger partial charge in [0.2, 0.25) is 10.0 Å². The zero-order valence-corrected chi connectivity index (χ0v) is 12.4. The molecule has 0 atom stereocenters. The van der Waals surface area contributed by atoms with Crippen LogP contribution in [0.2, 0.25) is 5.02 Å². The predicted molar refractivity (Wildman–Crippen MR) is 77.3 cm³/mol. The highest BCUT2D eigenvalue weighted by Gasteiger charge is 2.32. The minimum atomic E-state index is -3.31. The summed E-state index contributed by atoms with van der Waals surface area (Å²) in [5.74, 6) is 0. The van der Waals surface area contributed by atoms with Crippen LogP contribution in [0.25, 0.3) is 0 Å². The number of halogens is 1. The van der Waals surface area contributed by atoms with E-state index in [1.807, 2.05) is 0 Å². The Morgan fingerprint density at radius 1 is 1.42 bits per heavy atom. The first-order valence-electron chi connectivity index (χ1n) is 5.86. The number of hydrogen-bond acceptors (Lipinski definition) is 4. The van der Waals surface area contributed by atoms with Crippen LogP contribution in [-0.2, 0) is 14.8 Å². The van der Waals surface area contributed by atoms with Crippen molar-refractivity contribution in [3.63, 3.8) is 0 Å². The highest BCUT2D eigenvalue weighted by atomic mass is 35.5. The third-order valence-corrected chi connectivity index (χ3v) is 3.79. The van der Waals surface area contributed by atoms with Gasteiger partial charge < -0.3 is 10.1 Å². The molecule has 1 aromatic carbocycles. The zero-order valence-electron chi connectivity index (χ0n) is 10.9. The molecule has 2 rings (SSSR count). The number of hydrogen-bond donors (Lipinski definition) is 2. The molecule has 0 bridgehead atoms. The number of anilines is 2. The lowest BCUT2D eigenvalue weighted by atomic mass is 9.89. The van der Waals surface area contributed by atoms with Crippen LogP contribution in [0.1, 0.15) is 6.92 Å². The predicted octanol–water partition coefficient (Wildman–Crippen LogP) is 2.16. The Bertz CT molecular complexity index is 570. The summed E-state index contributed by atoms with van der Waals surface area (Å²) in [4.78, 5) is 0. The second kappa shape index (κ2) is 5.19. The first-order valence-corrected chi connectivity index (χ1v) is 8.13. The molecule has 7 heteroatoms. The van der Waals surface area contributed by atoms with Gasteiger partial charge in [0.15, 0.2) is 0 Å². The van der Waals surface area contributed by atoms with E-state index in [1.54, 1.807) is 18.2 Å². The maximum Gasteiger partial charge on any atom is 0.229 e. The smallest absolute Gasteiger partial charge is 0.229 e. The second-order valence-corrected chi connectivity index (χ2v) is 7.38. The number of rotatable bonds is 5. The van der Waals surface area contributed by atoms with Crippen LogP contribution in [0.3, 0.4) is 0 Å². The monoisotopic (exact) mass is 304 g/mol. The molecule has 106 valence electrons. The largest absolute Gasteiger partial charge is 0.384 e. The van der Waals surface area contributed by atoms with Crippen LogP contribution in [0.5, 0.6) is 0 Å². The summed E-state index contributed by atoms with van der Waals surface area (Å²) in [5.41, 5.74) is 1.40. The minimum Gasteiger partial charge on any atom is -0.384 e. The van der Waals surface area contributed by atoms with Crippen LogP contribution in [0, 0.1) is 5.41 Å². The Kier molecular flexibility index (Phi) is 3.94. The molecule has 1 aromatic rings. The third-order valence-electron chi connectivity index (χ3n) is 2.88. The van der Waals surface area contributed by atoms with Gasteiger partial charge in [0.05, 0.1) is 30.2 Å². The van der Waals surface area contributed by atoms with Gasteiger partial charge in [0.1, 0.15) is 0 Å². The molecule has 1 heterocycles. The first kappa shape index (κ1) is 14.4. The van der Waals surface area contributed by atoms with Crippen molar-refractivity contribution in [1.29, 1.82) is 0 Å². The summed E-state index contributed by atoms with van der Waals surface area (Å²) in [6, 6.07) is 5.14. The molecule has 1 aliphatic heterocycles. The van der Waals surface area contributed by atoms with E-state index in [-0.39, 0.29) is 5.41 Å². The van der Waals surface area contributed by atoms with E-state index >= 15 is 0 Å². The molecule has 0 aromatic heterocycles. The number of sulfonamides is 1. The summed E-state index contributed by atoms with van der Waals surface area (Å²) in [7, 11) is -3.31. The van der Waals surface area contributed by atoms with Gasteiger partial charge in [-0.2, -0.15) is 0 Å². The lowest BCUT2D eigenvalue weighted by Crippen LogP contribution is -2.45. The van der Waals surface area contributed by atoms with E-state index in [4.69, 9.17) is 16.3 Å². The van der Waals surface area contributed by atoms with Crippen molar-refractivity contribution in [3.8, 4) is 0 Å². The van der Waals surface area contributed by atoms with Crippen LogP contribution in [-0.4, -0.2) is 34.4 Å². The van der Waals surface area contributed by atoms with E-state index < -0.39 is 10.0 Å². The van der Waals surface area contributed by atoms with Gasteiger partial charge in [-0.05, 0) is 18.2 Å². The Balaban J connectivity index is 2.02. The van der Waals surface area contributed by atoms with Gasteiger partial charge in [-0.15, -0.1) is 0 Å². The lowest BCUT2D eigenvalue weighted by molar-refractivity contribution is -0.0924. The van der Waals surface area contributed by atoms with E-state index in [0.717, 1.165) is 31.7 Å². The lowest BCUT2D eigenvalue weighted by Gasteiger charge is -2.38. The average molecular weight is 305 g/mol. The molecule has 0 aliphatic carbocycles. The molecule has 2 N–H and O–H groups in total. The molecular weight excluding hydrogens is 288 g/mol. The Morgan fingerprint density at radius 2 is 2.11 bits per heavy atom. The van der Waals surface area contributed by atoms with Gasteiger partial charge in [0, 0.05) is 17.6 Å². The Morgan fingerprint density at radius 3 is 2.58 bits per heavy atom. The molecule has 0 spiro atoms. The highest BCUT2D eigenvalue weighted by molar-refractivity contribution is 7.92. The molecule has 0 saturated carbocycles. The van der Waals surface area contributed by atoms with Crippen LogP contribution in [0.4, 0.5) is 11.4 Å². The number of benzene rings is 1. The van der Waals surface area contributed by atoms with Crippen LogP contribution < -0.4 is 10.0 Å². The van der Waals surface area contributed by atoms with Crippen molar-refractivity contribution in [3.05, 3.63) is 23.2 Å². The van der Waals surface area contributed by atoms with E-state index in [9.17, 15) is 8.42 Å². The molecule has 0 radical (unpaired) electrons. The molecule has 5 nitrogen and oxygen atoms in total. The summed E-state index contributed by atoms with van der Waals surface area (Å²) < 4.78 is 29.8. The fraction of sp³-hybridized carbons (Fsp3) is 0.500. The van der Waals surface area contributed by atoms with E-state index in [1.165, 1.54) is 0 Å². The standard InChI is InChI=1S/C12H17ClN2O3S/c1-12(7-18-8-12)6-14-9-3-4-11(10(13)5-9)15-19(2,16)17/h3-5,14-15H,6-8H2,1-2H3. The Hall–Kier alpha value is -0.980. The molecular formula is C12H17ClN2O3S. The molecule has 1 aliphatic rings. The van der Waals surface area contributed by atoms with Gasteiger partial charge in [-0.3, -0.25) is 4.72 Å². The number of ether oxygens (including phenoxy) is 1. The SMILES string of the molecule is CC1(CNc2ccc(NS(C)(=O)=O)c(Cl)c2)COC1. The highest BCUT2D eigenvalue weighted by Crippen LogP contribution is 2.29.